The Hall–Kier alpha value is -0.790. The van der Waals surface area contributed by atoms with Crippen molar-refractivity contribution in [2.45, 2.75) is 32.1 Å². The molecule has 2 aliphatic carbocycles. The Labute approximate surface area is 66.5 Å². The van der Waals surface area contributed by atoms with Gasteiger partial charge in [0.15, 0.2) is 0 Å². The van der Waals surface area contributed by atoms with E-state index in [4.69, 9.17) is 5.73 Å². The molecule has 0 radical (unpaired) electrons. The largest absolute Gasteiger partial charge is 0.366 e. The van der Waals surface area contributed by atoms with Crippen molar-refractivity contribution in [2.75, 3.05) is 0 Å². The van der Waals surface area contributed by atoms with Gasteiger partial charge in [-0.25, -0.2) is 0 Å². The molecule has 60 valence electrons. The van der Waals surface area contributed by atoms with Crippen LogP contribution < -0.4 is 5.73 Å². The van der Waals surface area contributed by atoms with Crippen molar-refractivity contribution in [2.24, 2.45) is 11.7 Å². The van der Waals surface area contributed by atoms with E-state index in [1.807, 2.05) is 0 Å². The molecule has 2 rings (SSSR count). The van der Waals surface area contributed by atoms with Gasteiger partial charge in [-0.1, -0.05) is 12.0 Å². The van der Waals surface area contributed by atoms with E-state index in [-0.39, 0.29) is 5.91 Å². The fraction of sp³-hybridized carbons (Fsp3) is 0.667. The molecule has 0 aliphatic heterocycles. The van der Waals surface area contributed by atoms with Gasteiger partial charge in [0.05, 0.1) is 0 Å². The Balaban J connectivity index is 2.18. The Morgan fingerprint density at radius 3 is 2.91 bits per heavy atom. The molecular weight excluding hydrogens is 138 g/mol. The SMILES string of the molecule is NC(=O)C1=C2CCCCC2C1. The molecule has 0 saturated heterocycles. The first-order chi connectivity index (χ1) is 5.29. The van der Waals surface area contributed by atoms with Crippen LogP contribution in [-0.4, -0.2) is 5.91 Å². The van der Waals surface area contributed by atoms with Crippen LogP contribution in [0.5, 0.6) is 0 Å². The predicted molar refractivity (Wildman–Crippen MR) is 42.8 cm³/mol. The minimum Gasteiger partial charge on any atom is -0.366 e. The number of carbonyl (C=O) groups is 1. The van der Waals surface area contributed by atoms with E-state index in [0.29, 0.717) is 0 Å². The molecule has 1 fully saturated rings. The van der Waals surface area contributed by atoms with Crippen LogP contribution in [-0.2, 0) is 4.79 Å². The number of hydrogen-bond acceptors (Lipinski definition) is 1. The van der Waals surface area contributed by atoms with Gasteiger partial charge in [-0.05, 0) is 31.6 Å². The zero-order chi connectivity index (χ0) is 7.84. The van der Waals surface area contributed by atoms with Crippen LogP contribution >= 0.6 is 0 Å². The lowest BCUT2D eigenvalue weighted by molar-refractivity contribution is -0.115. The third-order valence-corrected chi connectivity index (χ3v) is 2.88. The number of amides is 1. The molecule has 0 aromatic rings. The number of hydrogen-bond donors (Lipinski definition) is 1. The second-order valence-electron chi connectivity index (χ2n) is 3.51. The first-order valence-corrected chi connectivity index (χ1v) is 4.31. The summed E-state index contributed by atoms with van der Waals surface area (Å²) >= 11 is 0. The van der Waals surface area contributed by atoms with Crippen molar-refractivity contribution in [3.8, 4) is 0 Å². The normalized spacial score (nSPS) is 29.3. The summed E-state index contributed by atoms with van der Waals surface area (Å²) in [5, 5.41) is 0. The number of rotatable bonds is 1. The van der Waals surface area contributed by atoms with Crippen molar-refractivity contribution >= 4 is 5.91 Å². The Kier molecular flexibility index (Phi) is 1.48. The van der Waals surface area contributed by atoms with Crippen molar-refractivity contribution in [3.05, 3.63) is 11.1 Å². The highest BCUT2D eigenvalue weighted by molar-refractivity contribution is 5.94. The van der Waals surface area contributed by atoms with Crippen LogP contribution in [0.3, 0.4) is 0 Å². The van der Waals surface area contributed by atoms with E-state index in [1.165, 1.54) is 24.8 Å². The summed E-state index contributed by atoms with van der Waals surface area (Å²) in [7, 11) is 0. The number of carbonyl (C=O) groups excluding carboxylic acids is 1. The van der Waals surface area contributed by atoms with E-state index < -0.39 is 0 Å². The number of primary amides is 1. The fourth-order valence-electron chi connectivity index (χ4n) is 2.21. The highest BCUT2D eigenvalue weighted by atomic mass is 16.1. The molecular formula is C9H13NO. The minimum absolute atomic E-state index is 0.182. The van der Waals surface area contributed by atoms with Gasteiger partial charge < -0.3 is 5.73 Å². The lowest BCUT2D eigenvalue weighted by Crippen LogP contribution is -2.30. The van der Waals surface area contributed by atoms with Crippen LogP contribution in [0.1, 0.15) is 32.1 Å². The highest BCUT2D eigenvalue weighted by Gasteiger charge is 2.33. The molecule has 1 unspecified atom stereocenters. The van der Waals surface area contributed by atoms with E-state index >= 15 is 0 Å². The van der Waals surface area contributed by atoms with Crippen molar-refractivity contribution in [1.29, 1.82) is 0 Å². The first kappa shape index (κ1) is 6.89. The van der Waals surface area contributed by atoms with Gasteiger partial charge >= 0.3 is 0 Å². The number of nitrogens with two attached hydrogens (primary N) is 1. The topological polar surface area (TPSA) is 43.1 Å². The first-order valence-electron chi connectivity index (χ1n) is 4.31. The fourth-order valence-corrected chi connectivity index (χ4v) is 2.21. The molecule has 1 saturated carbocycles. The van der Waals surface area contributed by atoms with E-state index in [2.05, 4.69) is 0 Å². The zero-order valence-corrected chi connectivity index (χ0v) is 6.60. The standard InChI is InChI=1S/C9H13NO/c10-9(11)8-5-6-3-1-2-4-7(6)8/h6H,1-5H2,(H2,10,11). The number of fused-ring (bicyclic) bond motifs is 1. The molecule has 2 N–H and O–H groups in total. The smallest absolute Gasteiger partial charge is 0.244 e. The molecule has 0 aromatic carbocycles. The van der Waals surface area contributed by atoms with Crippen LogP contribution in [0.2, 0.25) is 0 Å². The summed E-state index contributed by atoms with van der Waals surface area (Å²) in [6.45, 7) is 0. The Bertz CT molecular complexity index is 230. The average molecular weight is 151 g/mol. The molecule has 2 aliphatic rings. The molecule has 0 aromatic heterocycles. The molecule has 0 heterocycles. The highest BCUT2D eigenvalue weighted by Crippen LogP contribution is 2.44. The zero-order valence-electron chi connectivity index (χ0n) is 6.60. The second kappa shape index (κ2) is 2.36. The predicted octanol–water partition coefficient (Wildman–Crippen LogP) is 1.36. The van der Waals surface area contributed by atoms with Crippen LogP contribution in [0.15, 0.2) is 11.1 Å². The molecule has 0 bridgehead atoms. The average Bonchev–Trinajstić information content (AvgIpc) is 1.90. The maximum Gasteiger partial charge on any atom is 0.244 e. The third kappa shape index (κ3) is 0.971. The molecule has 0 spiro atoms. The van der Waals surface area contributed by atoms with Crippen molar-refractivity contribution < 1.29 is 4.79 Å². The van der Waals surface area contributed by atoms with Gasteiger partial charge in [-0.15, -0.1) is 0 Å². The van der Waals surface area contributed by atoms with E-state index in [0.717, 1.165) is 24.3 Å². The van der Waals surface area contributed by atoms with Gasteiger partial charge in [-0.3, -0.25) is 4.79 Å². The van der Waals surface area contributed by atoms with E-state index in [9.17, 15) is 4.79 Å². The second-order valence-corrected chi connectivity index (χ2v) is 3.51. The summed E-state index contributed by atoms with van der Waals surface area (Å²) in [5.41, 5.74) is 7.53. The van der Waals surface area contributed by atoms with Gasteiger partial charge in [-0.2, -0.15) is 0 Å². The van der Waals surface area contributed by atoms with Crippen LogP contribution in [0.25, 0.3) is 0 Å². The molecule has 1 amide bonds. The maximum absolute atomic E-state index is 10.8. The van der Waals surface area contributed by atoms with Crippen LogP contribution in [0.4, 0.5) is 0 Å². The third-order valence-electron chi connectivity index (χ3n) is 2.88. The van der Waals surface area contributed by atoms with Gasteiger partial charge in [0.25, 0.3) is 0 Å². The molecule has 2 heteroatoms. The van der Waals surface area contributed by atoms with E-state index in [1.54, 1.807) is 0 Å². The Morgan fingerprint density at radius 1 is 1.45 bits per heavy atom. The summed E-state index contributed by atoms with van der Waals surface area (Å²) in [4.78, 5) is 10.8. The molecule has 2 nitrogen and oxygen atoms in total. The lowest BCUT2D eigenvalue weighted by atomic mass is 9.69. The van der Waals surface area contributed by atoms with Gasteiger partial charge in [0.1, 0.15) is 0 Å². The molecule has 11 heavy (non-hydrogen) atoms. The van der Waals surface area contributed by atoms with Crippen molar-refractivity contribution in [1.82, 2.24) is 0 Å². The van der Waals surface area contributed by atoms with Gasteiger partial charge in [0, 0.05) is 5.57 Å². The summed E-state index contributed by atoms with van der Waals surface area (Å²) in [6, 6.07) is 0. The summed E-state index contributed by atoms with van der Waals surface area (Å²) in [5.74, 6) is 0.546. The quantitative estimate of drug-likeness (QED) is 0.604. The van der Waals surface area contributed by atoms with Gasteiger partial charge in [0.2, 0.25) is 5.91 Å². The maximum atomic E-state index is 10.8. The monoisotopic (exact) mass is 151 g/mol. The van der Waals surface area contributed by atoms with Crippen molar-refractivity contribution in [3.63, 3.8) is 0 Å². The number of allylic oxidation sites excluding steroid dienone is 1. The van der Waals surface area contributed by atoms with Crippen LogP contribution in [0, 0.1) is 5.92 Å². The lowest BCUT2D eigenvalue weighted by Gasteiger charge is -2.35. The minimum atomic E-state index is -0.182. The Morgan fingerprint density at radius 2 is 2.27 bits per heavy atom. The summed E-state index contributed by atoms with van der Waals surface area (Å²) < 4.78 is 0. The summed E-state index contributed by atoms with van der Waals surface area (Å²) in [6.07, 6.45) is 5.96. The molecule has 1 atom stereocenters.